The molecule has 126 valence electrons. The normalized spacial score (nSPS) is 10.2. The largest absolute Gasteiger partial charge is 0.491 e. The number of hydrogen-bond acceptors (Lipinski definition) is 4. The Morgan fingerprint density at radius 3 is 2.59 bits per heavy atom. The van der Waals surface area contributed by atoms with Crippen LogP contribution in [0.5, 0.6) is 5.75 Å². The van der Waals surface area contributed by atoms with E-state index in [9.17, 15) is 4.79 Å². The van der Waals surface area contributed by atoms with Crippen molar-refractivity contribution in [2.45, 2.75) is 19.8 Å². The zero-order chi connectivity index (χ0) is 15.5. The van der Waals surface area contributed by atoms with Crippen molar-refractivity contribution in [2.24, 2.45) is 0 Å². The van der Waals surface area contributed by atoms with Gasteiger partial charge in [0.25, 0.3) is 0 Å². The third-order valence-electron chi connectivity index (χ3n) is 2.99. The number of benzene rings is 1. The van der Waals surface area contributed by atoms with Crippen LogP contribution in [-0.4, -0.2) is 45.9 Å². The highest BCUT2D eigenvalue weighted by atomic mass is 35.5. The summed E-state index contributed by atoms with van der Waals surface area (Å²) in [6.45, 7) is 6.80. The molecule has 0 saturated heterocycles. The Hall–Kier alpha value is -1.30. The lowest BCUT2D eigenvalue weighted by Crippen LogP contribution is -2.37. The number of methoxy groups -OCH3 is 1. The van der Waals surface area contributed by atoms with Crippen molar-refractivity contribution >= 4 is 18.3 Å². The minimum Gasteiger partial charge on any atom is -0.491 e. The van der Waals surface area contributed by atoms with Crippen LogP contribution in [0.4, 0.5) is 0 Å². The number of ether oxygens (including phenoxy) is 2. The van der Waals surface area contributed by atoms with Crippen molar-refractivity contribution in [1.82, 2.24) is 10.6 Å². The molecule has 0 unspecified atom stereocenters. The molecule has 22 heavy (non-hydrogen) atoms. The average molecular weight is 331 g/mol. The lowest BCUT2D eigenvalue weighted by molar-refractivity contribution is -0.120. The molecular formula is C16H27ClN2O3. The second-order valence-electron chi connectivity index (χ2n) is 5.06. The van der Waals surface area contributed by atoms with Crippen LogP contribution < -0.4 is 15.4 Å². The molecule has 0 radical (unpaired) electrons. The molecule has 1 amide bonds. The molecule has 0 spiro atoms. The van der Waals surface area contributed by atoms with Crippen LogP contribution in [0.15, 0.2) is 24.3 Å². The highest BCUT2D eigenvalue weighted by Gasteiger charge is 2.06. The fourth-order valence-electron chi connectivity index (χ4n) is 1.88. The monoisotopic (exact) mass is 330 g/mol. The van der Waals surface area contributed by atoms with E-state index in [0.29, 0.717) is 38.8 Å². The molecule has 1 rings (SSSR count). The van der Waals surface area contributed by atoms with Crippen molar-refractivity contribution in [3.05, 3.63) is 29.8 Å². The first-order valence-corrected chi connectivity index (χ1v) is 7.33. The van der Waals surface area contributed by atoms with Crippen LogP contribution >= 0.6 is 12.4 Å². The summed E-state index contributed by atoms with van der Waals surface area (Å²) in [5, 5.41) is 5.80. The summed E-state index contributed by atoms with van der Waals surface area (Å²) in [6.07, 6.45) is 0. The molecule has 2 N–H and O–H groups in total. The molecule has 1 aromatic rings. The Labute approximate surface area is 139 Å². The summed E-state index contributed by atoms with van der Waals surface area (Å²) < 4.78 is 10.6. The van der Waals surface area contributed by atoms with Gasteiger partial charge in [-0.1, -0.05) is 32.0 Å². The van der Waals surface area contributed by atoms with Crippen LogP contribution in [0.25, 0.3) is 0 Å². The summed E-state index contributed by atoms with van der Waals surface area (Å²) in [5.74, 6) is 1.27. The van der Waals surface area contributed by atoms with Gasteiger partial charge in [0.05, 0.1) is 19.7 Å². The SMILES string of the molecule is COCCNCC(=O)NCCOc1ccccc1C(C)C.Cl. The van der Waals surface area contributed by atoms with Crippen LogP contribution in [0.2, 0.25) is 0 Å². The van der Waals surface area contributed by atoms with Crippen molar-refractivity contribution in [3.63, 3.8) is 0 Å². The fraction of sp³-hybridized carbons (Fsp3) is 0.562. The smallest absolute Gasteiger partial charge is 0.234 e. The third kappa shape index (κ3) is 8.22. The summed E-state index contributed by atoms with van der Waals surface area (Å²) in [5.41, 5.74) is 1.19. The van der Waals surface area contributed by atoms with Crippen molar-refractivity contribution < 1.29 is 14.3 Å². The summed E-state index contributed by atoms with van der Waals surface area (Å²) in [7, 11) is 1.63. The van der Waals surface area contributed by atoms with Gasteiger partial charge < -0.3 is 20.1 Å². The Kier molecular flexibility index (Phi) is 11.5. The quantitative estimate of drug-likeness (QED) is 0.644. The van der Waals surface area contributed by atoms with E-state index in [2.05, 4.69) is 30.5 Å². The highest BCUT2D eigenvalue weighted by Crippen LogP contribution is 2.25. The van der Waals surface area contributed by atoms with Crippen LogP contribution in [0.1, 0.15) is 25.3 Å². The van der Waals surface area contributed by atoms with E-state index in [4.69, 9.17) is 9.47 Å². The second-order valence-corrected chi connectivity index (χ2v) is 5.06. The van der Waals surface area contributed by atoms with Crippen LogP contribution in [0.3, 0.4) is 0 Å². The molecule has 0 aliphatic carbocycles. The third-order valence-corrected chi connectivity index (χ3v) is 2.99. The molecular weight excluding hydrogens is 304 g/mol. The maximum Gasteiger partial charge on any atom is 0.234 e. The molecule has 6 heteroatoms. The minimum atomic E-state index is -0.0353. The molecule has 0 bridgehead atoms. The summed E-state index contributed by atoms with van der Waals surface area (Å²) in [4.78, 5) is 11.5. The van der Waals surface area contributed by atoms with E-state index < -0.39 is 0 Å². The second kappa shape index (κ2) is 12.3. The van der Waals surface area contributed by atoms with Crippen molar-refractivity contribution in [2.75, 3.05) is 40.0 Å². The Balaban J connectivity index is 0.00000441. The maximum atomic E-state index is 11.5. The molecule has 0 aliphatic heterocycles. The molecule has 0 aliphatic rings. The van der Waals surface area contributed by atoms with Gasteiger partial charge in [-0.2, -0.15) is 0 Å². The first-order chi connectivity index (χ1) is 10.1. The van der Waals surface area contributed by atoms with E-state index >= 15 is 0 Å². The van der Waals surface area contributed by atoms with E-state index in [1.54, 1.807) is 7.11 Å². The van der Waals surface area contributed by atoms with Gasteiger partial charge in [-0.15, -0.1) is 12.4 Å². The standard InChI is InChI=1S/C16H26N2O3.ClH/c1-13(2)14-6-4-5-7-15(14)21-11-9-18-16(19)12-17-8-10-20-3;/h4-7,13,17H,8-12H2,1-3H3,(H,18,19);1H. The van der Waals surface area contributed by atoms with Gasteiger partial charge >= 0.3 is 0 Å². The number of amides is 1. The zero-order valence-corrected chi connectivity index (χ0v) is 14.4. The lowest BCUT2D eigenvalue weighted by Gasteiger charge is -2.14. The molecule has 1 aromatic carbocycles. The fourth-order valence-corrected chi connectivity index (χ4v) is 1.88. The average Bonchev–Trinajstić information content (AvgIpc) is 2.48. The summed E-state index contributed by atoms with van der Waals surface area (Å²) >= 11 is 0. The predicted molar refractivity (Wildman–Crippen MR) is 91.0 cm³/mol. The topological polar surface area (TPSA) is 59.6 Å². The Bertz CT molecular complexity index is 428. The Morgan fingerprint density at radius 2 is 1.91 bits per heavy atom. The van der Waals surface area contributed by atoms with Gasteiger partial charge in [0.15, 0.2) is 0 Å². The number of rotatable bonds is 10. The molecule has 5 nitrogen and oxygen atoms in total. The van der Waals surface area contributed by atoms with Gasteiger partial charge in [0.2, 0.25) is 5.91 Å². The first-order valence-electron chi connectivity index (χ1n) is 7.33. The van der Waals surface area contributed by atoms with E-state index in [0.717, 1.165) is 5.75 Å². The van der Waals surface area contributed by atoms with Gasteiger partial charge in [0, 0.05) is 13.7 Å². The molecule has 0 heterocycles. The van der Waals surface area contributed by atoms with E-state index in [-0.39, 0.29) is 18.3 Å². The number of hydrogen-bond donors (Lipinski definition) is 2. The minimum absolute atomic E-state index is 0. The molecule has 0 fully saturated rings. The number of carbonyl (C=O) groups excluding carboxylic acids is 1. The van der Waals surface area contributed by atoms with Crippen LogP contribution in [0, 0.1) is 0 Å². The highest BCUT2D eigenvalue weighted by molar-refractivity contribution is 5.85. The molecule has 0 atom stereocenters. The van der Waals surface area contributed by atoms with E-state index in [1.807, 2.05) is 18.2 Å². The maximum absolute atomic E-state index is 11.5. The number of halogens is 1. The number of nitrogens with one attached hydrogen (secondary N) is 2. The van der Waals surface area contributed by atoms with Gasteiger partial charge in [0.1, 0.15) is 12.4 Å². The van der Waals surface area contributed by atoms with Crippen LogP contribution in [-0.2, 0) is 9.53 Å². The summed E-state index contributed by atoms with van der Waals surface area (Å²) in [6, 6.07) is 8.00. The van der Waals surface area contributed by atoms with Gasteiger partial charge in [-0.05, 0) is 17.5 Å². The van der Waals surface area contributed by atoms with Gasteiger partial charge in [-0.25, -0.2) is 0 Å². The molecule has 0 saturated carbocycles. The zero-order valence-electron chi connectivity index (χ0n) is 13.6. The van der Waals surface area contributed by atoms with Crippen molar-refractivity contribution in [1.29, 1.82) is 0 Å². The molecule has 0 aromatic heterocycles. The predicted octanol–water partition coefficient (Wildman–Crippen LogP) is 1.96. The first kappa shape index (κ1) is 20.7. The Morgan fingerprint density at radius 1 is 1.18 bits per heavy atom. The number of carbonyl (C=O) groups is 1. The van der Waals surface area contributed by atoms with Crippen molar-refractivity contribution in [3.8, 4) is 5.75 Å². The lowest BCUT2D eigenvalue weighted by atomic mass is 10.0. The van der Waals surface area contributed by atoms with E-state index in [1.165, 1.54) is 5.56 Å². The number of para-hydroxylation sites is 1. The van der Waals surface area contributed by atoms with Gasteiger partial charge in [-0.3, -0.25) is 4.79 Å².